The lowest BCUT2D eigenvalue weighted by Crippen LogP contribution is -2.20. The van der Waals surface area contributed by atoms with Crippen molar-refractivity contribution in [2.24, 2.45) is 0 Å². The van der Waals surface area contributed by atoms with Crippen molar-refractivity contribution in [2.45, 2.75) is 26.2 Å². The van der Waals surface area contributed by atoms with Gasteiger partial charge in [-0.1, -0.05) is 37.3 Å². The Kier molecular flexibility index (Phi) is 4.34. The first-order valence-corrected chi connectivity index (χ1v) is 7.80. The largest absolute Gasteiger partial charge is 0.370 e. The molecule has 0 bridgehead atoms. The minimum atomic E-state index is 0.804. The third-order valence-corrected chi connectivity index (χ3v) is 3.73. The maximum Gasteiger partial charge on any atom is 0.163 e. The van der Waals surface area contributed by atoms with E-state index in [1.165, 1.54) is 12.8 Å². The molecule has 4 nitrogen and oxygen atoms in total. The lowest BCUT2D eigenvalue weighted by atomic mass is 10.2. The van der Waals surface area contributed by atoms with E-state index in [1.54, 1.807) is 0 Å². The molecule has 1 aliphatic heterocycles. The first-order chi connectivity index (χ1) is 10.4. The minimum absolute atomic E-state index is 0.804. The first-order valence-electron chi connectivity index (χ1n) is 7.80. The van der Waals surface area contributed by atoms with E-state index in [0.29, 0.717) is 0 Å². The van der Waals surface area contributed by atoms with Gasteiger partial charge < -0.3 is 10.2 Å². The third kappa shape index (κ3) is 3.32. The van der Waals surface area contributed by atoms with Crippen LogP contribution in [-0.4, -0.2) is 29.6 Å². The van der Waals surface area contributed by atoms with Crippen LogP contribution in [-0.2, 0) is 0 Å². The van der Waals surface area contributed by atoms with E-state index in [9.17, 15) is 0 Å². The molecule has 1 N–H and O–H groups in total. The number of hydrogen-bond acceptors (Lipinski definition) is 4. The van der Waals surface area contributed by atoms with Gasteiger partial charge in [-0.05, 0) is 19.3 Å². The molecule has 1 saturated heterocycles. The Morgan fingerprint density at radius 2 is 1.86 bits per heavy atom. The summed E-state index contributed by atoms with van der Waals surface area (Å²) in [5, 5.41) is 3.39. The van der Waals surface area contributed by atoms with E-state index in [4.69, 9.17) is 4.98 Å². The maximum absolute atomic E-state index is 4.77. The zero-order valence-corrected chi connectivity index (χ0v) is 12.5. The Labute approximate surface area is 126 Å². The van der Waals surface area contributed by atoms with Gasteiger partial charge in [-0.3, -0.25) is 0 Å². The van der Waals surface area contributed by atoms with E-state index >= 15 is 0 Å². The number of nitrogens with one attached hydrogen (secondary N) is 1. The van der Waals surface area contributed by atoms with Crippen molar-refractivity contribution in [3.05, 3.63) is 36.4 Å². The van der Waals surface area contributed by atoms with Crippen LogP contribution < -0.4 is 10.2 Å². The van der Waals surface area contributed by atoms with Crippen LogP contribution in [0.2, 0.25) is 0 Å². The molecule has 0 radical (unpaired) electrons. The summed E-state index contributed by atoms with van der Waals surface area (Å²) in [6.45, 7) is 5.29. The van der Waals surface area contributed by atoms with Crippen LogP contribution in [0.3, 0.4) is 0 Å². The van der Waals surface area contributed by atoms with E-state index in [2.05, 4.69) is 40.3 Å². The minimum Gasteiger partial charge on any atom is -0.370 e. The predicted octanol–water partition coefficient (Wildman–Crippen LogP) is 3.57. The highest BCUT2D eigenvalue weighted by Gasteiger charge is 2.16. The summed E-state index contributed by atoms with van der Waals surface area (Å²) < 4.78 is 0. The van der Waals surface area contributed by atoms with Crippen LogP contribution in [0.5, 0.6) is 0 Å². The Morgan fingerprint density at radius 1 is 1.10 bits per heavy atom. The molecule has 0 unspecified atom stereocenters. The van der Waals surface area contributed by atoms with Crippen LogP contribution in [0.15, 0.2) is 36.4 Å². The average molecular weight is 282 g/mol. The second kappa shape index (κ2) is 6.57. The first kappa shape index (κ1) is 13.9. The summed E-state index contributed by atoms with van der Waals surface area (Å²) in [6.07, 6.45) is 3.59. The SMILES string of the molecule is CCCNc1cc(N2CCCC2)nc(-c2ccccc2)n1. The molecule has 4 heteroatoms. The van der Waals surface area contributed by atoms with Gasteiger partial charge in [-0.2, -0.15) is 0 Å². The number of hydrogen-bond donors (Lipinski definition) is 1. The normalized spacial score (nSPS) is 14.4. The standard InChI is InChI=1S/C17H22N4/c1-2-10-18-15-13-16(21-11-6-7-12-21)20-17(19-15)14-8-4-3-5-9-14/h3-5,8-9,13H,2,6-7,10-12H2,1H3,(H,18,19,20). The van der Waals surface area contributed by atoms with Crippen LogP contribution in [0.25, 0.3) is 11.4 Å². The molecule has 0 atom stereocenters. The molecule has 1 aromatic carbocycles. The fraction of sp³-hybridized carbons (Fsp3) is 0.412. The highest BCUT2D eigenvalue weighted by atomic mass is 15.2. The van der Waals surface area contributed by atoms with Crippen LogP contribution in [0.1, 0.15) is 26.2 Å². The zero-order valence-electron chi connectivity index (χ0n) is 12.5. The molecule has 3 rings (SSSR count). The predicted molar refractivity (Wildman–Crippen MR) is 87.7 cm³/mol. The lowest BCUT2D eigenvalue weighted by molar-refractivity contribution is 0.922. The monoisotopic (exact) mass is 282 g/mol. The van der Waals surface area contributed by atoms with E-state index < -0.39 is 0 Å². The summed E-state index contributed by atoms with van der Waals surface area (Å²) in [6, 6.07) is 12.3. The molecular weight excluding hydrogens is 260 g/mol. The number of benzene rings is 1. The van der Waals surface area contributed by atoms with Gasteiger partial charge >= 0.3 is 0 Å². The summed E-state index contributed by atoms with van der Waals surface area (Å²) in [5.74, 6) is 2.77. The quantitative estimate of drug-likeness (QED) is 0.910. The van der Waals surface area contributed by atoms with Crippen LogP contribution in [0.4, 0.5) is 11.6 Å². The van der Waals surface area contributed by atoms with Gasteiger partial charge in [0.2, 0.25) is 0 Å². The molecule has 0 saturated carbocycles. The van der Waals surface area contributed by atoms with Crippen LogP contribution in [0, 0.1) is 0 Å². The highest BCUT2D eigenvalue weighted by Crippen LogP contribution is 2.24. The van der Waals surface area contributed by atoms with Gasteiger partial charge in [0.1, 0.15) is 11.6 Å². The second-order valence-corrected chi connectivity index (χ2v) is 5.42. The molecule has 1 aliphatic rings. The Balaban J connectivity index is 1.96. The van der Waals surface area contributed by atoms with Gasteiger partial charge in [0.25, 0.3) is 0 Å². The molecule has 110 valence electrons. The van der Waals surface area contributed by atoms with Crippen molar-refractivity contribution in [3.63, 3.8) is 0 Å². The molecule has 0 aliphatic carbocycles. The van der Waals surface area contributed by atoms with Gasteiger partial charge in [-0.15, -0.1) is 0 Å². The van der Waals surface area contributed by atoms with Crippen molar-refractivity contribution in [3.8, 4) is 11.4 Å². The van der Waals surface area contributed by atoms with Gasteiger partial charge in [0, 0.05) is 31.3 Å². The van der Waals surface area contributed by atoms with Gasteiger partial charge in [0.15, 0.2) is 5.82 Å². The molecule has 0 spiro atoms. The third-order valence-electron chi connectivity index (χ3n) is 3.73. The van der Waals surface area contributed by atoms with Crippen molar-refractivity contribution < 1.29 is 0 Å². The van der Waals surface area contributed by atoms with Crippen molar-refractivity contribution in [2.75, 3.05) is 29.9 Å². The molecule has 0 amide bonds. The van der Waals surface area contributed by atoms with E-state index in [0.717, 1.165) is 49.1 Å². The maximum atomic E-state index is 4.77. The summed E-state index contributed by atoms with van der Waals surface area (Å²) >= 11 is 0. The van der Waals surface area contributed by atoms with Crippen molar-refractivity contribution in [1.29, 1.82) is 0 Å². The van der Waals surface area contributed by atoms with Gasteiger partial charge in [-0.25, -0.2) is 9.97 Å². The van der Waals surface area contributed by atoms with E-state index in [1.807, 2.05) is 18.2 Å². The summed E-state index contributed by atoms with van der Waals surface area (Å²) in [7, 11) is 0. The summed E-state index contributed by atoms with van der Waals surface area (Å²) in [5.41, 5.74) is 1.07. The van der Waals surface area contributed by atoms with E-state index in [-0.39, 0.29) is 0 Å². The topological polar surface area (TPSA) is 41.0 Å². The molecule has 2 aromatic rings. The fourth-order valence-electron chi connectivity index (χ4n) is 2.60. The second-order valence-electron chi connectivity index (χ2n) is 5.42. The molecule has 21 heavy (non-hydrogen) atoms. The van der Waals surface area contributed by atoms with Crippen molar-refractivity contribution >= 4 is 11.6 Å². The molecular formula is C17H22N4. The fourth-order valence-corrected chi connectivity index (χ4v) is 2.60. The molecule has 1 fully saturated rings. The number of nitrogens with zero attached hydrogens (tertiary/aromatic N) is 3. The highest BCUT2D eigenvalue weighted by molar-refractivity contribution is 5.61. The molecule has 1 aromatic heterocycles. The molecule has 2 heterocycles. The Bertz CT molecular complexity index is 577. The van der Waals surface area contributed by atoms with Gasteiger partial charge in [0.05, 0.1) is 0 Å². The number of aromatic nitrogens is 2. The summed E-state index contributed by atoms with van der Waals surface area (Å²) in [4.78, 5) is 11.8. The Hall–Kier alpha value is -2.10. The lowest BCUT2D eigenvalue weighted by Gasteiger charge is -2.18. The van der Waals surface area contributed by atoms with Crippen molar-refractivity contribution in [1.82, 2.24) is 9.97 Å². The zero-order chi connectivity index (χ0) is 14.5. The Morgan fingerprint density at radius 3 is 2.57 bits per heavy atom. The number of anilines is 2. The number of rotatable bonds is 5. The average Bonchev–Trinajstić information content (AvgIpc) is 3.08. The van der Waals surface area contributed by atoms with Crippen LogP contribution >= 0.6 is 0 Å². The smallest absolute Gasteiger partial charge is 0.163 e.